The van der Waals surface area contributed by atoms with Crippen molar-refractivity contribution in [2.75, 3.05) is 5.75 Å². The second kappa shape index (κ2) is 6.72. The zero-order chi connectivity index (χ0) is 16.5. The van der Waals surface area contributed by atoms with Gasteiger partial charge in [0.05, 0.1) is 17.8 Å². The molecule has 1 N–H and O–H groups in total. The maximum absolute atomic E-state index is 12.4. The fourth-order valence-corrected chi connectivity index (χ4v) is 3.63. The van der Waals surface area contributed by atoms with Crippen LogP contribution in [0.5, 0.6) is 0 Å². The smallest absolute Gasteiger partial charge is 0.230 e. The number of nitrogens with one attached hydrogen (secondary N) is 1. The van der Waals surface area contributed by atoms with E-state index in [-0.39, 0.29) is 11.9 Å². The molecule has 4 rings (SSSR count). The Morgan fingerprint density at radius 3 is 2.71 bits per heavy atom. The van der Waals surface area contributed by atoms with E-state index in [0.29, 0.717) is 22.7 Å². The molecule has 1 atom stereocenters. The van der Waals surface area contributed by atoms with Crippen molar-refractivity contribution in [3.8, 4) is 0 Å². The molecule has 1 aromatic carbocycles. The average molecular weight is 364 g/mol. The highest BCUT2D eigenvalue weighted by molar-refractivity contribution is 7.99. The topological polar surface area (TPSA) is 72.7 Å². The highest BCUT2D eigenvalue weighted by Gasteiger charge is 2.33. The Hall–Kier alpha value is -1.60. The first kappa shape index (κ1) is 15.9. The fraction of sp³-hybridized carbons (Fsp3) is 0.500. The van der Waals surface area contributed by atoms with E-state index < -0.39 is 0 Å². The Balaban J connectivity index is 1.36. The van der Waals surface area contributed by atoms with Crippen molar-refractivity contribution in [3.63, 3.8) is 0 Å². The molecule has 2 fully saturated rings. The Kier molecular flexibility index (Phi) is 4.45. The van der Waals surface area contributed by atoms with Gasteiger partial charge in [0, 0.05) is 5.02 Å². The van der Waals surface area contributed by atoms with E-state index in [4.69, 9.17) is 11.6 Å². The number of tetrazole rings is 1. The van der Waals surface area contributed by atoms with Gasteiger partial charge >= 0.3 is 0 Å². The van der Waals surface area contributed by atoms with Gasteiger partial charge in [-0.1, -0.05) is 35.5 Å². The molecule has 2 aliphatic rings. The number of benzene rings is 1. The standard InChI is InChI=1S/C16H18ClN5OS/c17-12-5-3-11(4-6-12)15(10-1-2-10)18-14(23)9-24-16-19-20-21-22(16)13-7-8-13/h3-6,10,13,15H,1-2,7-9H2,(H,18,23). The molecule has 0 aliphatic heterocycles. The van der Waals surface area contributed by atoms with Crippen LogP contribution in [0.25, 0.3) is 0 Å². The van der Waals surface area contributed by atoms with Crippen molar-refractivity contribution in [2.24, 2.45) is 5.92 Å². The molecule has 1 aromatic heterocycles. The average Bonchev–Trinajstić information content (AvgIpc) is 3.51. The van der Waals surface area contributed by atoms with Gasteiger partial charge < -0.3 is 5.32 Å². The van der Waals surface area contributed by atoms with E-state index in [1.54, 1.807) is 0 Å². The summed E-state index contributed by atoms with van der Waals surface area (Å²) < 4.78 is 1.83. The number of thioether (sulfide) groups is 1. The quantitative estimate of drug-likeness (QED) is 0.765. The van der Waals surface area contributed by atoms with Crippen LogP contribution in [0.2, 0.25) is 5.02 Å². The fourth-order valence-electron chi connectivity index (χ4n) is 2.75. The maximum Gasteiger partial charge on any atom is 0.230 e. The van der Waals surface area contributed by atoms with Gasteiger partial charge in [-0.05, 0) is 59.7 Å². The number of aromatic nitrogens is 4. The molecular weight excluding hydrogens is 346 g/mol. The minimum atomic E-state index is 0.0113. The molecule has 2 aliphatic carbocycles. The monoisotopic (exact) mass is 363 g/mol. The summed E-state index contributed by atoms with van der Waals surface area (Å²) in [5.74, 6) is 0.860. The van der Waals surface area contributed by atoms with Gasteiger partial charge in [0.25, 0.3) is 0 Å². The van der Waals surface area contributed by atoms with Crippen LogP contribution in [-0.4, -0.2) is 31.9 Å². The van der Waals surface area contributed by atoms with Crippen LogP contribution >= 0.6 is 23.4 Å². The summed E-state index contributed by atoms with van der Waals surface area (Å²) in [6.45, 7) is 0. The predicted molar refractivity (Wildman–Crippen MR) is 91.9 cm³/mol. The van der Waals surface area contributed by atoms with Gasteiger partial charge in [0.2, 0.25) is 11.1 Å². The molecule has 8 heteroatoms. The van der Waals surface area contributed by atoms with E-state index in [9.17, 15) is 4.79 Å². The molecule has 0 radical (unpaired) electrons. The molecule has 0 bridgehead atoms. The summed E-state index contributed by atoms with van der Waals surface area (Å²) in [4.78, 5) is 12.4. The van der Waals surface area contributed by atoms with Crippen molar-refractivity contribution in [1.82, 2.24) is 25.5 Å². The molecule has 1 heterocycles. The van der Waals surface area contributed by atoms with Crippen LogP contribution in [0.15, 0.2) is 29.4 Å². The summed E-state index contributed by atoms with van der Waals surface area (Å²) in [5.41, 5.74) is 1.11. The summed E-state index contributed by atoms with van der Waals surface area (Å²) >= 11 is 7.35. The number of rotatable bonds is 7. The lowest BCUT2D eigenvalue weighted by Gasteiger charge is -2.18. The van der Waals surface area contributed by atoms with Crippen molar-refractivity contribution in [1.29, 1.82) is 0 Å². The van der Waals surface area contributed by atoms with Crippen LogP contribution in [-0.2, 0) is 4.79 Å². The third-order valence-electron chi connectivity index (χ3n) is 4.33. The van der Waals surface area contributed by atoms with Gasteiger partial charge in [0.15, 0.2) is 0 Å². The van der Waals surface area contributed by atoms with Gasteiger partial charge in [-0.2, -0.15) is 0 Å². The Morgan fingerprint density at radius 1 is 1.29 bits per heavy atom. The van der Waals surface area contributed by atoms with Crippen LogP contribution in [0.1, 0.15) is 43.3 Å². The van der Waals surface area contributed by atoms with Crippen molar-refractivity contribution >= 4 is 29.3 Å². The lowest BCUT2D eigenvalue weighted by molar-refractivity contribution is -0.119. The number of carbonyl (C=O) groups is 1. The molecule has 126 valence electrons. The number of amides is 1. The van der Waals surface area contributed by atoms with Gasteiger partial charge in [0.1, 0.15) is 0 Å². The Morgan fingerprint density at radius 2 is 2.04 bits per heavy atom. The molecule has 1 amide bonds. The Labute approximate surface area is 149 Å². The van der Waals surface area contributed by atoms with E-state index >= 15 is 0 Å². The van der Waals surface area contributed by atoms with E-state index in [1.165, 1.54) is 11.8 Å². The van der Waals surface area contributed by atoms with Gasteiger partial charge in [-0.15, -0.1) is 5.10 Å². The zero-order valence-electron chi connectivity index (χ0n) is 13.1. The summed E-state index contributed by atoms with van der Waals surface area (Å²) in [5, 5.41) is 16.3. The lowest BCUT2D eigenvalue weighted by atomic mass is 10.0. The largest absolute Gasteiger partial charge is 0.348 e. The first-order valence-electron chi connectivity index (χ1n) is 8.16. The molecule has 24 heavy (non-hydrogen) atoms. The summed E-state index contributed by atoms with van der Waals surface area (Å²) in [7, 11) is 0. The predicted octanol–water partition coefficient (Wildman–Crippen LogP) is 3.02. The van der Waals surface area contributed by atoms with Crippen LogP contribution in [0, 0.1) is 5.92 Å². The van der Waals surface area contributed by atoms with Crippen LogP contribution in [0.4, 0.5) is 0 Å². The molecule has 2 aromatic rings. The second-order valence-corrected chi connectivity index (χ2v) is 7.74. The second-order valence-electron chi connectivity index (χ2n) is 6.36. The van der Waals surface area contributed by atoms with Crippen LogP contribution < -0.4 is 5.32 Å². The summed E-state index contributed by atoms with van der Waals surface area (Å²) in [6, 6.07) is 8.21. The first-order chi connectivity index (χ1) is 11.7. The SMILES string of the molecule is O=C(CSc1nnnn1C1CC1)NC(c1ccc(Cl)cc1)C1CC1. The zero-order valence-corrected chi connectivity index (χ0v) is 14.6. The minimum Gasteiger partial charge on any atom is -0.348 e. The van der Waals surface area contributed by atoms with Crippen molar-refractivity contribution in [3.05, 3.63) is 34.9 Å². The Bertz CT molecular complexity index is 726. The van der Waals surface area contributed by atoms with Gasteiger partial charge in [-0.3, -0.25) is 4.79 Å². The minimum absolute atomic E-state index is 0.0113. The first-order valence-corrected chi connectivity index (χ1v) is 9.52. The molecule has 2 saturated carbocycles. The van der Waals surface area contributed by atoms with Gasteiger partial charge in [-0.25, -0.2) is 4.68 Å². The third-order valence-corrected chi connectivity index (χ3v) is 5.51. The molecule has 0 spiro atoms. The molecular formula is C16H18ClN5OS. The number of hydrogen-bond donors (Lipinski definition) is 1. The lowest BCUT2D eigenvalue weighted by Crippen LogP contribution is -2.31. The van der Waals surface area contributed by atoms with E-state index in [0.717, 1.165) is 36.4 Å². The highest BCUT2D eigenvalue weighted by atomic mass is 35.5. The summed E-state index contributed by atoms with van der Waals surface area (Å²) in [6.07, 6.45) is 4.54. The number of halogens is 1. The molecule has 6 nitrogen and oxygen atoms in total. The highest BCUT2D eigenvalue weighted by Crippen LogP contribution is 2.41. The van der Waals surface area contributed by atoms with E-state index in [2.05, 4.69) is 20.8 Å². The van der Waals surface area contributed by atoms with Crippen molar-refractivity contribution < 1.29 is 4.79 Å². The number of hydrogen-bond acceptors (Lipinski definition) is 5. The maximum atomic E-state index is 12.4. The number of carbonyl (C=O) groups excluding carboxylic acids is 1. The van der Waals surface area contributed by atoms with E-state index in [1.807, 2.05) is 28.9 Å². The molecule has 0 saturated heterocycles. The van der Waals surface area contributed by atoms with Crippen LogP contribution in [0.3, 0.4) is 0 Å². The van der Waals surface area contributed by atoms with Crippen molar-refractivity contribution in [2.45, 2.75) is 42.9 Å². The normalized spacial score (nSPS) is 18.4. The third kappa shape index (κ3) is 3.72. The number of nitrogens with zero attached hydrogens (tertiary/aromatic N) is 4. The molecule has 1 unspecified atom stereocenters.